The molecular weight excluding hydrogens is 460 g/mol. The maximum atomic E-state index is 9.96. The number of ether oxygens (including phenoxy) is 2. The number of aliphatic hydroxyl groups excluding tert-OH is 1. The van der Waals surface area contributed by atoms with Crippen molar-refractivity contribution in [3.05, 3.63) is 54.7 Å². The lowest BCUT2D eigenvalue weighted by Gasteiger charge is -2.28. The second kappa shape index (κ2) is 10.9. The summed E-state index contributed by atoms with van der Waals surface area (Å²) in [6, 6.07) is 15.6. The van der Waals surface area contributed by atoms with E-state index in [9.17, 15) is 5.11 Å². The number of nitrogens with zero attached hydrogens (tertiary/aromatic N) is 7. The summed E-state index contributed by atoms with van der Waals surface area (Å²) in [4.78, 5) is 13.2. The first-order valence-corrected chi connectivity index (χ1v) is 11.9. The molecule has 188 valence electrons. The van der Waals surface area contributed by atoms with Gasteiger partial charge in [-0.1, -0.05) is 5.21 Å². The van der Waals surface area contributed by atoms with E-state index in [1.54, 1.807) is 10.9 Å². The first kappa shape index (κ1) is 23.9. The number of benzene rings is 2. The number of anilines is 3. The maximum Gasteiger partial charge on any atom is 0.229 e. The number of fused-ring (bicyclic) bond motifs is 1. The van der Waals surface area contributed by atoms with Crippen LogP contribution in [0.15, 0.2) is 54.7 Å². The smallest absolute Gasteiger partial charge is 0.229 e. The number of aliphatic hydroxyl groups is 1. The Morgan fingerprint density at radius 2 is 1.78 bits per heavy atom. The molecule has 0 spiro atoms. The van der Waals surface area contributed by atoms with Gasteiger partial charge in [0.15, 0.2) is 11.2 Å². The minimum atomic E-state index is -0.549. The van der Waals surface area contributed by atoms with Crippen LogP contribution in [0, 0.1) is 0 Å². The number of hydrogen-bond acceptors (Lipinski definition) is 10. The largest absolute Gasteiger partial charge is 0.491 e. The van der Waals surface area contributed by atoms with E-state index in [0.717, 1.165) is 43.4 Å². The molecule has 2 N–H and O–H groups in total. The number of hydrogen-bond donors (Lipinski definition) is 2. The highest BCUT2D eigenvalue weighted by molar-refractivity contribution is 5.73. The molecule has 2 aromatic carbocycles. The second-order valence-electron chi connectivity index (χ2n) is 8.90. The van der Waals surface area contributed by atoms with Crippen molar-refractivity contribution >= 4 is 28.5 Å². The zero-order valence-electron chi connectivity index (χ0n) is 20.4. The molecule has 1 saturated heterocycles. The molecular formula is C25H30N8O3. The number of aromatic nitrogens is 5. The zero-order chi connectivity index (χ0) is 24.9. The van der Waals surface area contributed by atoms with Gasteiger partial charge in [-0.2, -0.15) is 9.67 Å². The Hall–Kier alpha value is -3.80. The quantitative estimate of drug-likeness (QED) is 0.362. The standard InChI is InChI=1S/C25H30N8O3/c1-31(2)16-21(34)17-36-22-9-3-18(4-10-22)27-25-26-15-23-24(28-25)33(30-29-23)20-7-5-19(6-8-20)32-11-13-35-14-12-32/h3-10,15,21,34H,11-14,16-17H2,1-2H3,(H,26,27,28). The lowest BCUT2D eigenvalue weighted by molar-refractivity contribution is 0.0831. The first-order valence-electron chi connectivity index (χ1n) is 11.9. The molecule has 1 unspecified atom stereocenters. The van der Waals surface area contributed by atoms with Crippen LogP contribution in [-0.4, -0.2) is 94.6 Å². The van der Waals surface area contributed by atoms with Crippen LogP contribution in [-0.2, 0) is 4.74 Å². The molecule has 1 fully saturated rings. The van der Waals surface area contributed by atoms with Crippen molar-refractivity contribution < 1.29 is 14.6 Å². The summed E-state index contributed by atoms with van der Waals surface area (Å²) in [5.41, 5.74) is 4.06. The van der Waals surface area contributed by atoms with E-state index in [1.807, 2.05) is 55.4 Å². The van der Waals surface area contributed by atoms with Gasteiger partial charge in [-0.3, -0.25) is 0 Å². The molecule has 11 nitrogen and oxygen atoms in total. The van der Waals surface area contributed by atoms with Crippen LogP contribution in [0.3, 0.4) is 0 Å². The van der Waals surface area contributed by atoms with Crippen molar-refractivity contribution in [3.8, 4) is 11.4 Å². The third-order valence-corrected chi connectivity index (χ3v) is 5.79. The normalized spacial score (nSPS) is 14.8. The van der Waals surface area contributed by atoms with Gasteiger partial charge >= 0.3 is 0 Å². The Labute approximate surface area is 209 Å². The SMILES string of the molecule is CN(C)CC(O)COc1ccc(Nc2ncc3nnn(-c4ccc(N5CCOCC5)cc4)c3n2)cc1. The van der Waals surface area contributed by atoms with Crippen molar-refractivity contribution in [2.75, 3.05) is 63.8 Å². The summed E-state index contributed by atoms with van der Waals surface area (Å²) in [5.74, 6) is 1.11. The fourth-order valence-electron chi connectivity index (χ4n) is 4.02. The van der Waals surface area contributed by atoms with E-state index in [1.165, 1.54) is 0 Å². The Morgan fingerprint density at radius 1 is 1.06 bits per heavy atom. The molecule has 36 heavy (non-hydrogen) atoms. The van der Waals surface area contributed by atoms with E-state index < -0.39 is 6.10 Å². The number of rotatable bonds is 9. The van der Waals surface area contributed by atoms with Gasteiger partial charge in [0.1, 0.15) is 18.5 Å². The van der Waals surface area contributed by atoms with Gasteiger partial charge in [-0.15, -0.1) is 5.10 Å². The molecule has 2 aromatic heterocycles. The number of nitrogens with one attached hydrogen (secondary N) is 1. The first-order chi connectivity index (χ1) is 17.5. The molecule has 3 heterocycles. The molecule has 0 amide bonds. The summed E-state index contributed by atoms with van der Waals surface area (Å²) in [5, 5.41) is 21.7. The van der Waals surface area contributed by atoms with Crippen LogP contribution in [0.4, 0.5) is 17.3 Å². The molecule has 5 rings (SSSR count). The van der Waals surface area contributed by atoms with E-state index in [4.69, 9.17) is 9.47 Å². The van der Waals surface area contributed by atoms with Crippen LogP contribution in [0.2, 0.25) is 0 Å². The van der Waals surface area contributed by atoms with Crippen molar-refractivity contribution in [1.82, 2.24) is 29.9 Å². The fourth-order valence-corrected chi connectivity index (χ4v) is 4.02. The van der Waals surface area contributed by atoms with E-state index in [0.29, 0.717) is 29.4 Å². The molecule has 1 atom stereocenters. The number of morpholine rings is 1. The van der Waals surface area contributed by atoms with Crippen molar-refractivity contribution in [3.63, 3.8) is 0 Å². The van der Waals surface area contributed by atoms with Crippen LogP contribution in [0.25, 0.3) is 16.9 Å². The van der Waals surface area contributed by atoms with Gasteiger partial charge in [0.05, 0.1) is 25.1 Å². The van der Waals surface area contributed by atoms with Crippen LogP contribution >= 0.6 is 0 Å². The predicted molar refractivity (Wildman–Crippen MR) is 137 cm³/mol. The predicted octanol–water partition coefficient (Wildman–Crippen LogP) is 2.09. The van der Waals surface area contributed by atoms with Gasteiger partial charge in [-0.25, -0.2) is 4.98 Å². The average molecular weight is 491 g/mol. The van der Waals surface area contributed by atoms with Crippen molar-refractivity contribution in [2.45, 2.75) is 6.10 Å². The third kappa shape index (κ3) is 5.70. The highest BCUT2D eigenvalue weighted by atomic mass is 16.5. The molecule has 0 saturated carbocycles. The molecule has 0 bridgehead atoms. The molecule has 0 radical (unpaired) electrons. The van der Waals surface area contributed by atoms with E-state index >= 15 is 0 Å². The number of likely N-dealkylation sites (N-methyl/N-ethyl adjacent to an activating group) is 1. The lowest BCUT2D eigenvalue weighted by atomic mass is 10.2. The van der Waals surface area contributed by atoms with Gasteiger partial charge in [0.25, 0.3) is 0 Å². The third-order valence-electron chi connectivity index (χ3n) is 5.79. The fraction of sp³-hybridized carbons (Fsp3) is 0.360. The van der Waals surface area contributed by atoms with Crippen LogP contribution < -0.4 is 15.0 Å². The van der Waals surface area contributed by atoms with Gasteiger partial charge in [-0.05, 0) is 62.6 Å². The Kier molecular flexibility index (Phi) is 7.21. The second-order valence-corrected chi connectivity index (χ2v) is 8.90. The van der Waals surface area contributed by atoms with Crippen molar-refractivity contribution in [2.24, 2.45) is 0 Å². The monoisotopic (exact) mass is 490 g/mol. The minimum Gasteiger partial charge on any atom is -0.491 e. The van der Waals surface area contributed by atoms with E-state index in [2.05, 4.69) is 42.6 Å². The van der Waals surface area contributed by atoms with Crippen LogP contribution in [0.5, 0.6) is 5.75 Å². The molecule has 4 aromatic rings. The summed E-state index contributed by atoms with van der Waals surface area (Å²) < 4.78 is 12.8. The maximum absolute atomic E-state index is 9.96. The highest BCUT2D eigenvalue weighted by Gasteiger charge is 2.14. The van der Waals surface area contributed by atoms with Crippen LogP contribution in [0.1, 0.15) is 0 Å². The summed E-state index contributed by atoms with van der Waals surface area (Å²) in [7, 11) is 3.82. The lowest BCUT2D eigenvalue weighted by Crippen LogP contribution is -2.36. The van der Waals surface area contributed by atoms with Gasteiger partial charge in [0, 0.05) is 31.0 Å². The highest BCUT2D eigenvalue weighted by Crippen LogP contribution is 2.22. The Bertz CT molecular complexity index is 1270. The molecule has 11 heteroatoms. The minimum absolute atomic E-state index is 0.231. The Balaban J connectivity index is 1.27. The topological polar surface area (TPSA) is 114 Å². The Morgan fingerprint density at radius 3 is 2.50 bits per heavy atom. The summed E-state index contributed by atoms with van der Waals surface area (Å²) in [6.45, 7) is 4.05. The molecule has 0 aliphatic carbocycles. The van der Waals surface area contributed by atoms with Gasteiger partial charge < -0.3 is 29.7 Å². The summed E-state index contributed by atoms with van der Waals surface area (Å²) in [6.07, 6.45) is 1.10. The van der Waals surface area contributed by atoms with E-state index in [-0.39, 0.29) is 6.61 Å². The molecule has 1 aliphatic heterocycles. The summed E-state index contributed by atoms with van der Waals surface area (Å²) >= 11 is 0. The van der Waals surface area contributed by atoms with Gasteiger partial charge in [0.2, 0.25) is 5.95 Å². The zero-order valence-corrected chi connectivity index (χ0v) is 20.4. The average Bonchev–Trinajstić information content (AvgIpc) is 3.32. The molecule has 1 aliphatic rings. The van der Waals surface area contributed by atoms with Crippen molar-refractivity contribution in [1.29, 1.82) is 0 Å².